The minimum absolute atomic E-state index is 0.223. The summed E-state index contributed by atoms with van der Waals surface area (Å²) in [6.07, 6.45) is -3.19. The van der Waals surface area contributed by atoms with Crippen LogP contribution in [0.15, 0.2) is 60.3 Å². The fourth-order valence-corrected chi connectivity index (χ4v) is 1.93. The SMILES string of the molecule is C/C(=C\C(=O)c1ccc(F)cc1)Nc1cccc(C(F)(F)F)c1. The van der Waals surface area contributed by atoms with Crippen molar-refractivity contribution in [3.05, 3.63) is 77.2 Å². The molecule has 0 radical (unpaired) electrons. The van der Waals surface area contributed by atoms with Crippen molar-refractivity contribution >= 4 is 11.5 Å². The van der Waals surface area contributed by atoms with Gasteiger partial charge in [-0.15, -0.1) is 0 Å². The maximum atomic E-state index is 12.8. The van der Waals surface area contributed by atoms with Gasteiger partial charge in [0.05, 0.1) is 5.56 Å². The maximum absolute atomic E-state index is 12.8. The molecule has 0 bridgehead atoms. The number of nitrogens with one attached hydrogen (secondary N) is 1. The van der Waals surface area contributed by atoms with Crippen LogP contribution in [-0.2, 0) is 6.18 Å². The van der Waals surface area contributed by atoms with Gasteiger partial charge in [0, 0.05) is 23.0 Å². The quantitative estimate of drug-likeness (QED) is 0.485. The average Bonchev–Trinajstić information content (AvgIpc) is 2.47. The first-order chi connectivity index (χ1) is 10.8. The lowest BCUT2D eigenvalue weighted by Gasteiger charge is -2.10. The number of hydrogen-bond acceptors (Lipinski definition) is 2. The van der Waals surface area contributed by atoms with Crippen LogP contribution in [-0.4, -0.2) is 5.78 Å². The number of hydrogen-bond donors (Lipinski definition) is 1. The van der Waals surface area contributed by atoms with Crippen molar-refractivity contribution in [1.82, 2.24) is 0 Å². The minimum Gasteiger partial charge on any atom is -0.359 e. The second kappa shape index (κ2) is 6.64. The first-order valence-electron chi connectivity index (χ1n) is 6.68. The van der Waals surface area contributed by atoms with E-state index in [9.17, 15) is 22.4 Å². The molecule has 0 heterocycles. The molecule has 0 aliphatic rings. The third-order valence-electron chi connectivity index (χ3n) is 3.01. The molecule has 0 unspecified atom stereocenters. The molecule has 1 N–H and O–H groups in total. The van der Waals surface area contributed by atoms with Crippen molar-refractivity contribution in [3.63, 3.8) is 0 Å². The Morgan fingerprint density at radius 1 is 1.09 bits per heavy atom. The van der Waals surface area contributed by atoms with E-state index < -0.39 is 17.6 Å². The van der Waals surface area contributed by atoms with E-state index in [-0.39, 0.29) is 17.0 Å². The first kappa shape index (κ1) is 16.7. The van der Waals surface area contributed by atoms with Gasteiger partial charge in [0.2, 0.25) is 0 Å². The lowest BCUT2D eigenvalue weighted by Crippen LogP contribution is -2.06. The van der Waals surface area contributed by atoms with Gasteiger partial charge in [0.15, 0.2) is 5.78 Å². The Morgan fingerprint density at radius 3 is 2.35 bits per heavy atom. The smallest absolute Gasteiger partial charge is 0.359 e. The lowest BCUT2D eigenvalue weighted by molar-refractivity contribution is -0.137. The third-order valence-corrected chi connectivity index (χ3v) is 3.01. The van der Waals surface area contributed by atoms with E-state index in [1.807, 2.05) is 0 Å². The normalized spacial score (nSPS) is 12.1. The van der Waals surface area contributed by atoms with Crippen molar-refractivity contribution < 1.29 is 22.4 Å². The number of benzene rings is 2. The Labute approximate surface area is 130 Å². The summed E-state index contributed by atoms with van der Waals surface area (Å²) in [4.78, 5) is 12.0. The molecule has 2 aromatic rings. The van der Waals surface area contributed by atoms with Crippen molar-refractivity contribution in [2.75, 3.05) is 5.32 Å². The van der Waals surface area contributed by atoms with E-state index in [1.54, 1.807) is 6.92 Å². The Morgan fingerprint density at radius 2 is 1.74 bits per heavy atom. The molecule has 0 saturated carbocycles. The highest BCUT2D eigenvalue weighted by Crippen LogP contribution is 2.30. The van der Waals surface area contributed by atoms with Crippen molar-refractivity contribution in [2.45, 2.75) is 13.1 Å². The molecule has 6 heteroatoms. The summed E-state index contributed by atoms with van der Waals surface area (Å²) in [7, 11) is 0. The van der Waals surface area contributed by atoms with Crippen LogP contribution in [0.4, 0.5) is 23.2 Å². The van der Waals surface area contributed by atoms with Gasteiger partial charge >= 0.3 is 6.18 Å². The van der Waals surface area contributed by atoms with Crippen LogP contribution >= 0.6 is 0 Å². The predicted molar refractivity (Wildman–Crippen MR) is 79.6 cm³/mol. The Balaban J connectivity index is 2.13. The molecule has 0 spiro atoms. The number of carbonyl (C=O) groups excluding carboxylic acids is 1. The van der Waals surface area contributed by atoms with Crippen molar-refractivity contribution in [2.24, 2.45) is 0 Å². The molecule has 0 atom stereocenters. The summed E-state index contributed by atoms with van der Waals surface area (Å²) in [5.41, 5.74) is 0.107. The van der Waals surface area contributed by atoms with Gasteiger partial charge in [0.25, 0.3) is 0 Å². The summed E-state index contributed by atoms with van der Waals surface area (Å²) >= 11 is 0. The Kier molecular flexibility index (Phi) is 4.83. The molecule has 0 amide bonds. The summed E-state index contributed by atoms with van der Waals surface area (Å²) < 4.78 is 50.7. The van der Waals surface area contributed by atoms with Crippen molar-refractivity contribution in [1.29, 1.82) is 0 Å². The molecule has 2 rings (SSSR count). The van der Waals surface area contributed by atoms with Gasteiger partial charge in [-0.25, -0.2) is 4.39 Å². The molecule has 0 aromatic heterocycles. The highest BCUT2D eigenvalue weighted by Gasteiger charge is 2.30. The number of ketones is 1. The van der Waals surface area contributed by atoms with E-state index in [1.165, 1.54) is 30.3 Å². The molecule has 0 aliphatic carbocycles. The summed E-state index contributed by atoms with van der Waals surface area (Å²) in [6.45, 7) is 1.56. The molecule has 23 heavy (non-hydrogen) atoms. The number of carbonyl (C=O) groups is 1. The fraction of sp³-hybridized carbons (Fsp3) is 0.118. The first-order valence-corrected chi connectivity index (χ1v) is 6.68. The summed E-state index contributed by atoms with van der Waals surface area (Å²) in [6, 6.07) is 9.67. The minimum atomic E-state index is -4.43. The third kappa shape index (κ3) is 4.67. The molecule has 120 valence electrons. The zero-order valence-electron chi connectivity index (χ0n) is 12.1. The number of halogens is 4. The summed E-state index contributed by atoms with van der Waals surface area (Å²) in [5, 5.41) is 2.73. The predicted octanol–water partition coefficient (Wildman–Crippen LogP) is 5.04. The van der Waals surface area contributed by atoms with Crippen LogP contribution in [0.3, 0.4) is 0 Å². The molecule has 2 aromatic carbocycles. The zero-order valence-corrected chi connectivity index (χ0v) is 12.1. The van der Waals surface area contributed by atoms with Crippen LogP contribution in [0.1, 0.15) is 22.8 Å². The van der Waals surface area contributed by atoms with Crippen LogP contribution < -0.4 is 5.32 Å². The molecule has 0 aliphatic heterocycles. The van der Waals surface area contributed by atoms with Crippen LogP contribution in [0, 0.1) is 5.82 Å². The van der Waals surface area contributed by atoms with E-state index in [0.29, 0.717) is 5.70 Å². The number of rotatable bonds is 4. The maximum Gasteiger partial charge on any atom is 0.416 e. The van der Waals surface area contributed by atoms with Crippen LogP contribution in [0.2, 0.25) is 0 Å². The average molecular weight is 323 g/mol. The van der Waals surface area contributed by atoms with E-state index in [4.69, 9.17) is 0 Å². The van der Waals surface area contributed by atoms with Gasteiger partial charge in [-0.05, 0) is 49.4 Å². The van der Waals surface area contributed by atoms with Crippen LogP contribution in [0.5, 0.6) is 0 Å². The highest BCUT2D eigenvalue weighted by atomic mass is 19.4. The Hall–Kier alpha value is -2.63. The Bertz CT molecular complexity index is 733. The number of alkyl halides is 3. The standard InChI is InChI=1S/C17H13F4NO/c1-11(9-16(23)12-5-7-14(18)8-6-12)22-15-4-2-3-13(10-15)17(19,20)21/h2-10,22H,1H3/b11-9+. The second-order valence-electron chi connectivity index (χ2n) is 4.90. The molecule has 0 saturated heterocycles. The van der Waals surface area contributed by atoms with E-state index >= 15 is 0 Å². The largest absolute Gasteiger partial charge is 0.416 e. The van der Waals surface area contributed by atoms with Gasteiger partial charge in [0.1, 0.15) is 5.82 Å². The molecular weight excluding hydrogens is 310 g/mol. The zero-order chi connectivity index (χ0) is 17.0. The number of allylic oxidation sites excluding steroid dienone is 2. The molecule has 0 fully saturated rings. The second-order valence-corrected chi connectivity index (χ2v) is 4.90. The monoisotopic (exact) mass is 323 g/mol. The van der Waals surface area contributed by atoms with Gasteiger partial charge in [-0.1, -0.05) is 6.07 Å². The van der Waals surface area contributed by atoms with Crippen LogP contribution in [0.25, 0.3) is 0 Å². The lowest BCUT2D eigenvalue weighted by atomic mass is 10.1. The van der Waals surface area contributed by atoms with Crippen molar-refractivity contribution in [3.8, 4) is 0 Å². The van der Waals surface area contributed by atoms with E-state index in [2.05, 4.69) is 5.32 Å². The van der Waals surface area contributed by atoms with Gasteiger partial charge in [-0.2, -0.15) is 13.2 Å². The van der Waals surface area contributed by atoms with Gasteiger partial charge < -0.3 is 5.32 Å². The molecule has 2 nitrogen and oxygen atoms in total. The summed E-state index contributed by atoms with van der Waals surface area (Å²) in [5.74, 6) is -0.827. The van der Waals surface area contributed by atoms with E-state index in [0.717, 1.165) is 24.3 Å². The molecular formula is C17H13F4NO. The highest BCUT2D eigenvalue weighted by molar-refractivity contribution is 6.05. The van der Waals surface area contributed by atoms with Gasteiger partial charge in [-0.3, -0.25) is 4.79 Å². The number of anilines is 1. The fourth-order valence-electron chi connectivity index (χ4n) is 1.93. The topological polar surface area (TPSA) is 29.1 Å².